The van der Waals surface area contributed by atoms with Gasteiger partial charge in [0.25, 0.3) is 0 Å². The number of hydrogen-bond donors (Lipinski definition) is 0. The van der Waals surface area contributed by atoms with Gasteiger partial charge in [0.1, 0.15) is 0 Å². The maximum absolute atomic E-state index is 3.52. The third kappa shape index (κ3) is 3.08. The van der Waals surface area contributed by atoms with Crippen molar-refractivity contribution < 1.29 is 0 Å². The first-order valence-electron chi connectivity index (χ1n) is 5.44. The Morgan fingerprint density at radius 1 is 1.17 bits per heavy atom. The summed E-state index contributed by atoms with van der Waals surface area (Å²) in [5, 5.41) is 1.19. The zero-order valence-corrected chi connectivity index (χ0v) is 9.78. The lowest BCUT2D eigenvalue weighted by molar-refractivity contribution is 0.217. The molecular weight excluding hydrogens is 212 g/mol. The Hall–Kier alpha value is 0.480. The summed E-state index contributed by atoms with van der Waals surface area (Å²) in [6.45, 7) is 2.36. The second-order valence-corrected chi connectivity index (χ2v) is 4.84. The van der Waals surface area contributed by atoms with Crippen LogP contribution in [0.15, 0.2) is 0 Å². The molecule has 1 aliphatic rings. The second kappa shape index (κ2) is 6.01. The van der Waals surface area contributed by atoms with Crippen molar-refractivity contribution in [2.75, 3.05) is 5.33 Å². The molecule has 2 atom stereocenters. The monoisotopic (exact) mass is 232 g/mol. The Labute approximate surface area is 85.3 Å². The van der Waals surface area contributed by atoms with Gasteiger partial charge in [0.15, 0.2) is 0 Å². The average molecular weight is 233 g/mol. The van der Waals surface area contributed by atoms with Crippen LogP contribution in [0.4, 0.5) is 0 Å². The average Bonchev–Trinajstić information content (AvgIpc) is 2.15. The highest BCUT2D eigenvalue weighted by atomic mass is 79.9. The minimum atomic E-state index is 1.05. The van der Waals surface area contributed by atoms with Crippen LogP contribution >= 0.6 is 15.9 Å². The van der Waals surface area contributed by atoms with Crippen LogP contribution in [0.3, 0.4) is 0 Å². The van der Waals surface area contributed by atoms with Crippen molar-refractivity contribution in [3.05, 3.63) is 0 Å². The first-order chi connectivity index (χ1) is 5.88. The van der Waals surface area contributed by atoms with Gasteiger partial charge in [-0.2, -0.15) is 0 Å². The molecule has 0 aliphatic heterocycles. The fourth-order valence-electron chi connectivity index (χ4n) is 2.54. The van der Waals surface area contributed by atoms with Crippen molar-refractivity contribution in [1.29, 1.82) is 0 Å². The van der Waals surface area contributed by atoms with Crippen molar-refractivity contribution in [3.8, 4) is 0 Å². The molecule has 12 heavy (non-hydrogen) atoms. The minimum absolute atomic E-state index is 1.05. The van der Waals surface area contributed by atoms with E-state index in [1.54, 1.807) is 0 Å². The highest BCUT2D eigenvalue weighted by molar-refractivity contribution is 9.09. The summed E-state index contributed by atoms with van der Waals surface area (Å²) >= 11 is 3.52. The van der Waals surface area contributed by atoms with Gasteiger partial charge in [-0.05, 0) is 24.7 Å². The van der Waals surface area contributed by atoms with Gasteiger partial charge in [-0.1, -0.05) is 55.0 Å². The Morgan fingerprint density at radius 3 is 2.42 bits per heavy atom. The summed E-state index contributed by atoms with van der Waals surface area (Å²) < 4.78 is 0. The molecule has 1 heteroatoms. The van der Waals surface area contributed by atoms with Crippen LogP contribution in [0.2, 0.25) is 0 Å². The van der Waals surface area contributed by atoms with Crippen molar-refractivity contribution in [2.45, 2.75) is 51.9 Å². The molecule has 1 aliphatic carbocycles. The lowest BCUT2D eigenvalue weighted by atomic mass is 9.76. The SMILES string of the molecule is CCC1CCCCC1CCCBr. The van der Waals surface area contributed by atoms with Gasteiger partial charge in [0.2, 0.25) is 0 Å². The third-order valence-corrected chi connectivity index (χ3v) is 3.86. The number of rotatable bonds is 4. The summed E-state index contributed by atoms with van der Waals surface area (Å²) in [6, 6.07) is 0. The van der Waals surface area contributed by atoms with Crippen LogP contribution in [0.1, 0.15) is 51.9 Å². The molecule has 0 spiro atoms. The van der Waals surface area contributed by atoms with E-state index in [0.717, 1.165) is 11.8 Å². The van der Waals surface area contributed by atoms with Crippen LogP contribution in [0.25, 0.3) is 0 Å². The van der Waals surface area contributed by atoms with Crippen molar-refractivity contribution >= 4 is 15.9 Å². The number of hydrogen-bond acceptors (Lipinski definition) is 0. The summed E-state index contributed by atoms with van der Waals surface area (Å²) in [6.07, 6.45) is 10.2. The van der Waals surface area contributed by atoms with E-state index >= 15 is 0 Å². The molecule has 72 valence electrons. The molecule has 0 bridgehead atoms. The standard InChI is InChI=1S/C11H21Br/c1-2-10-6-3-4-7-11(10)8-5-9-12/h10-11H,2-9H2,1H3. The predicted molar refractivity (Wildman–Crippen MR) is 58.8 cm³/mol. The van der Waals surface area contributed by atoms with E-state index in [-0.39, 0.29) is 0 Å². The fraction of sp³-hybridized carbons (Fsp3) is 1.00. The summed E-state index contributed by atoms with van der Waals surface area (Å²) in [4.78, 5) is 0. The molecule has 1 fully saturated rings. The first kappa shape index (κ1) is 10.6. The minimum Gasteiger partial charge on any atom is -0.0928 e. The van der Waals surface area contributed by atoms with Crippen LogP contribution in [-0.2, 0) is 0 Å². The van der Waals surface area contributed by atoms with E-state index in [0.29, 0.717) is 0 Å². The zero-order chi connectivity index (χ0) is 8.81. The highest BCUT2D eigenvalue weighted by Crippen LogP contribution is 2.35. The molecule has 2 unspecified atom stereocenters. The largest absolute Gasteiger partial charge is 0.0928 e. The van der Waals surface area contributed by atoms with E-state index in [1.165, 1.54) is 50.3 Å². The molecule has 0 N–H and O–H groups in total. The number of alkyl halides is 1. The van der Waals surface area contributed by atoms with Gasteiger partial charge in [0, 0.05) is 5.33 Å². The molecule has 0 amide bonds. The van der Waals surface area contributed by atoms with Gasteiger partial charge in [-0.3, -0.25) is 0 Å². The Balaban J connectivity index is 2.26. The Kier molecular flexibility index (Phi) is 5.29. The Bertz CT molecular complexity index is 112. The normalized spacial score (nSPS) is 30.5. The molecule has 1 rings (SSSR count). The van der Waals surface area contributed by atoms with Crippen LogP contribution in [-0.4, -0.2) is 5.33 Å². The Morgan fingerprint density at radius 2 is 1.83 bits per heavy atom. The van der Waals surface area contributed by atoms with Gasteiger partial charge < -0.3 is 0 Å². The molecule has 0 heterocycles. The summed E-state index contributed by atoms with van der Waals surface area (Å²) in [5.41, 5.74) is 0. The van der Waals surface area contributed by atoms with E-state index < -0.39 is 0 Å². The van der Waals surface area contributed by atoms with Crippen LogP contribution in [0.5, 0.6) is 0 Å². The predicted octanol–water partition coefficient (Wildman–Crippen LogP) is 4.38. The molecule has 0 aromatic carbocycles. The van der Waals surface area contributed by atoms with Gasteiger partial charge >= 0.3 is 0 Å². The first-order valence-corrected chi connectivity index (χ1v) is 6.56. The molecule has 0 radical (unpaired) electrons. The van der Waals surface area contributed by atoms with E-state index in [9.17, 15) is 0 Å². The maximum atomic E-state index is 3.52. The van der Waals surface area contributed by atoms with Crippen molar-refractivity contribution in [1.82, 2.24) is 0 Å². The molecule has 0 nitrogen and oxygen atoms in total. The summed E-state index contributed by atoms with van der Waals surface area (Å²) in [5.74, 6) is 2.11. The summed E-state index contributed by atoms with van der Waals surface area (Å²) in [7, 11) is 0. The van der Waals surface area contributed by atoms with Gasteiger partial charge in [-0.15, -0.1) is 0 Å². The van der Waals surface area contributed by atoms with Crippen LogP contribution < -0.4 is 0 Å². The molecule has 0 saturated heterocycles. The topological polar surface area (TPSA) is 0 Å². The molecule has 1 saturated carbocycles. The zero-order valence-electron chi connectivity index (χ0n) is 8.19. The molecule has 0 aromatic heterocycles. The van der Waals surface area contributed by atoms with E-state index in [4.69, 9.17) is 0 Å². The van der Waals surface area contributed by atoms with E-state index in [2.05, 4.69) is 22.9 Å². The quantitative estimate of drug-likeness (QED) is 0.632. The third-order valence-electron chi connectivity index (χ3n) is 3.30. The fourth-order valence-corrected chi connectivity index (χ4v) is 2.87. The maximum Gasteiger partial charge on any atom is 0.00314 e. The number of halogens is 1. The lowest BCUT2D eigenvalue weighted by Crippen LogP contribution is -2.18. The molecular formula is C11H21Br. The molecule has 0 aromatic rings. The van der Waals surface area contributed by atoms with Crippen LogP contribution in [0, 0.1) is 11.8 Å². The van der Waals surface area contributed by atoms with Gasteiger partial charge in [-0.25, -0.2) is 0 Å². The van der Waals surface area contributed by atoms with Crippen molar-refractivity contribution in [3.63, 3.8) is 0 Å². The second-order valence-electron chi connectivity index (χ2n) is 4.04. The van der Waals surface area contributed by atoms with Crippen molar-refractivity contribution in [2.24, 2.45) is 11.8 Å². The van der Waals surface area contributed by atoms with Gasteiger partial charge in [0.05, 0.1) is 0 Å². The highest BCUT2D eigenvalue weighted by Gasteiger charge is 2.22. The lowest BCUT2D eigenvalue weighted by Gasteiger charge is -2.30. The van der Waals surface area contributed by atoms with E-state index in [1.807, 2.05) is 0 Å². The smallest absolute Gasteiger partial charge is 0.00314 e.